The second-order valence-electron chi connectivity index (χ2n) is 4.01. The van der Waals surface area contributed by atoms with Crippen molar-refractivity contribution in [2.45, 2.75) is 19.4 Å². The van der Waals surface area contributed by atoms with Crippen LogP contribution < -0.4 is 5.32 Å². The van der Waals surface area contributed by atoms with Gasteiger partial charge in [0.25, 0.3) is 0 Å². The lowest BCUT2D eigenvalue weighted by Gasteiger charge is -2.07. The minimum Gasteiger partial charge on any atom is -0.377 e. The Balaban J connectivity index is 1.90. The van der Waals surface area contributed by atoms with Gasteiger partial charge in [0.05, 0.1) is 6.04 Å². The molecule has 2 heterocycles. The molecule has 0 bridgehead atoms. The normalized spacial score (nSPS) is 18.6. The van der Waals surface area contributed by atoms with E-state index in [0.717, 1.165) is 6.42 Å². The van der Waals surface area contributed by atoms with Crippen molar-refractivity contribution in [2.75, 3.05) is 5.32 Å². The van der Waals surface area contributed by atoms with Crippen LogP contribution in [-0.2, 0) is 6.42 Å². The molecule has 1 aliphatic rings. The molecular formula is C13H13NS. The highest BCUT2D eigenvalue weighted by atomic mass is 32.1. The van der Waals surface area contributed by atoms with Gasteiger partial charge in [0.15, 0.2) is 0 Å². The fraction of sp³-hybridized carbons (Fsp3) is 0.231. The fourth-order valence-corrected chi connectivity index (χ4v) is 3.04. The van der Waals surface area contributed by atoms with E-state index in [1.165, 1.54) is 21.0 Å². The zero-order valence-electron chi connectivity index (χ0n) is 8.66. The van der Waals surface area contributed by atoms with E-state index in [9.17, 15) is 0 Å². The summed E-state index contributed by atoms with van der Waals surface area (Å²) in [5.74, 6) is 0. The van der Waals surface area contributed by atoms with Crippen LogP contribution in [0.25, 0.3) is 0 Å². The number of aryl methyl sites for hydroxylation is 1. The molecule has 0 radical (unpaired) electrons. The first kappa shape index (κ1) is 8.98. The summed E-state index contributed by atoms with van der Waals surface area (Å²) >= 11 is 1.89. The predicted molar refractivity (Wildman–Crippen MR) is 65.6 cm³/mol. The van der Waals surface area contributed by atoms with Crippen molar-refractivity contribution in [1.82, 2.24) is 0 Å². The Morgan fingerprint density at radius 1 is 1.20 bits per heavy atom. The molecular weight excluding hydrogens is 202 g/mol. The van der Waals surface area contributed by atoms with E-state index < -0.39 is 0 Å². The molecule has 0 aliphatic carbocycles. The second kappa shape index (κ2) is 3.38. The third-order valence-electron chi connectivity index (χ3n) is 2.88. The molecule has 1 N–H and O–H groups in total. The van der Waals surface area contributed by atoms with Gasteiger partial charge in [-0.2, -0.15) is 0 Å². The fourth-order valence-electron chi connectivity index (χ4n) is 2.11. The standard InChI is InChI=1S/C13H13NS/c1-9-6-7-13(15-9)12-8-10-4-2-3-5-11(10)14-12/h2-7,12,14H,8H2,1H3. The highest BCUT2D eigenvalue weighted by Crippen LogP contribution is 2.36. The molecule has 0 amide bonds. The molecule has 0 saturated heterocycles. The zero-order chi connectivity index (χ0) is 10.3. The number of rotatable bonds is 1. The van der Waals surface area contributed by atoms with Gasteiger partial charge in [0.1, 0.15) is 0 Å². The minimum absolute atomic E-state index is 0.487. The quantitative estimate of drug-likeness (QED) is 0.763. The average molecular weight is 215 g/mol. The van der Waals surface area contributed by atoms with Gasteiger partial charge in [-0.1, -0.05) is 18.2 Å². The molecule has 1 unspecified atom stereocenters. The molecule has 1 atom stereocenters. The number of hydrogen-bond donors (Lipinski definition) is 1. The van der Waals surface area contributed by atoms with Crippen LogP contribution in [0.2, 0.25) is 0 Å². The molecule has 0 fully saturated rings. The van der Waals surface area contributed by atoms with Crippen molar-refractivity contribution in [1.29, 1.82) is 0 Å². The summed E-state index contributed by atoms with van der Waals surface area (Å²) in [7, 11) is 0. The maximum absolute atomic E-state index is 3.57. The summed E-state index contributed by atoms with van der Waals surface area (Å²) < 4.78 is 0. The smallest absolute Gasteiger partial charge is 0.0647 e. The van der Waals surface area contributed by atoms with Crippen LogP contribution in [0.4, 0.5) is 5.69 Å². The van der Waals surface area contributed by atoms with Gasteiger partial charge in [0, 0.05) is 15.4 Å². The van der Waals surface area contributed by atoms with Crippen molar-refractivity contribution < 1.29 is 0 Å². The highest BCUT2D eigenvalue weighted by molar-refractivity contribution is 7.12. The van der Waals surface area contributed by atoms with Crippen LogP contribution in [0, 0.1) is 6.92 Å². The molecule has 3 rings (SSSR count). The topological polar surface area (TPSA) is 12.0 Å². The first-order chi connectivity index (χ1) is 7.33. The van der Waals surface area contributed by atoms with Gasteiger partial charge < -0.3 is 5.32 Å². The summed E-state index contributed by atoms with van der Waals surface area (Å²) in [5.41, 5.74) is 2.74. The van der Waals surface area contributed by atoms with E-state index in [4.69, 9.17) is 0 Å². The number of benzene rings is 1. The maximum Gasteiger partial charge on any atom is 0.0647 e. The van der Waals surface area contributed by atoms with Gasteiger partial charge in [-0.25, -0.2) is 0 Å². The lowest BCUT2D eigenvalue weighted by Crippen LogP contribution is -2.02. The van der Waals surface area contributed by atoms with E-state index in [1.54, 1.807) is 0 Å². The Morgan fingerprint density at radius 2 is 2.07 bits per heavy atom. The molecule has 0 spiro atoms. The van der Waals surface area contributed by atoms with Gasteiger partial charge in [-0.3, -0.25) is 0 Å². The molecule has 1 aromatic heterocycles. The van der Waals surface area contributed by atoms with Gasteiger partial charge >= 0.3 is 0 Å². The Morgan fingerprint density at radius 3 is 2.80 bits per heavy atom. The molecule has 1 aliphatic heterocycles. The molecule has 0 saturated carbocycles. The number of nitrogens with one attached hydrogen (secondary N) is 1. The molecule has 2 aromatic rings. The third kappa shape index (κ3) is 1.55. The minimum atomic E-state index is 0.487. The second-order valence-corrected chi connectivity index (χ2v) is 5.33. The van der Waals surface area contributed by atoms with E-state index in [-0.39, 0.29) is 0 Å². The van der Waals surface area contributed by atoms with Crippen molar-refractivity contribution in [2.24, 2.45) is 0 Å². The molecule has 15 heavy (non-hydrogen) atoms. The Labute approximate surface area is 93.8 Å². The first-order valence-electron chi connectivity index (χ1n) is 5.24. The van der Waals surface area contributed by atoms with E-state index in [2.05, 4.69) is 48.6 Å². The summed E-state index contributed by atoms with van der Waals surface area (Å²) in [6.45, 7) is 2.16. The molecule has 76 valence electrons. The average Bonchev–Trinajstić information content (AvgIpc) is 2.82. The number of thiophene rings is 1. The summed E-state index contributed by atoms with van der Waals surface area (Å²) in [4.78, 5) is 2.84. The summed E-state index contributed by atoms with van der Waals surface area (Å²) in [5, 5.41) is 3.57. The third-order valence-corrected chi connectivity index (χ3v) is 3.99. The van der Waals surface area contributed by atoms with Crippen LogP contribution in [-0.4, -0.2) is 0 Å². The molecule has 1 aromatic carbocycles. The van der Waals surface area contributed by atoms with Crippen LogP contribution >= 0.6 is 11.3 Å². The van der Waals surface area contributed by atoms with Crippen LogP contribution in [0.15, 0.2) is 36.4 Å². The van der Waals surface area contributed by atoms with Crippen molar-refractivity contribution in [3.8, 4) is 0 Å². The first-order valence-corrected chi connectivity index (χ1v) is 6.05. The maximum atomic E-state index is 3.57. The van der Waals surface area contributed by atoms with Crippen molar-refractivity contribution in [3.63, 3.8) is 0 Å². The molecule has 1 nitrogen and oxygen atoms in total. The van der Waals surface area contributed by atoms with Gasteiger partial charge in [0.2, 0.25) is 0 Å². The largest absolute Gasteiger partial charge is 0.377 e. The number of para-hydroxylation sites is 1. The predicted octanol–water partition coefficient (Wildman–Crippen LogP) is 3.77. The van der Waals surface area contributed by atoms with Crippen LogP contribution in [0.1, 0.15) is 21.4 Å². The zero-order valence-corrected chi connectivity index (χ0v) is 9.47. The van der Waals surface area contributed by atoms with Gasteiger partial charge in [-0.05, 0) is 37.1 Å². The lowest BCUT2D eigenvalue weighted by molar-refractivity contribution is 0.843. The SMILES string of the molecule is Cc1ccc(C2Cc3ccccc3N2)s1. The summed E-state index contributed by atoms with van der Waals surface area (Å²) in [6.07, 6.45) is 1.12. The molecule has 2 heteroatoms. The lowest BCUT2D eigenvalue weighted by atomic mass is 10.1. The van der Waals surface area contributed by atoms with Crippen molar-refractivity contribution in [3.05, 3.63) is 51.7 Å². The number of anilines is 1. The van der Waals surface area contributed by atoms with Crippen LogP contribution in [0.5, 0.6) is 0 Å². The Hall–Kier alpha value is -1.28. The summed E-state index contributed by atoms with van der Waals surface area (Å²) in [6, 6.07) is 13.5. The number of fused-ring (bicyclic) bond motifs is 1. The van der Waals surface area contributed by atoms with E-state index in [0.29, 0.717) is 6.04 Å². The van der Waals surface area contributed by atoms with E-state index in [1.807, 2.05) is 11.3 Å². The van der Waals surface area contributed by atoms with Crippen LogP contribution in [0.3, 0.4) is 0 Å². The van der Waals surface area contributed by atoms with Crippen molar-refractivity contribution >= 4 is 17.0 Å². The monoisotopic (exact) mass is 215 g/mol. The Kier molecular flexibility index (Phi) is 2.03. The highest BCUT2D eigenvalue weighted by Gasteiger charge is 2.22. The van der Waals surface area contributed by atoms with E-state index >= 15 is 0 Å². The number of hydrogen-bond acceptors (Lipinski definition) is 2. The Bertz CT molecular complexity index is 462. The van der Waals surface area contributed by atoms with Gasteiger partial charge in [-0.15, -0.1) is 11.3 Å².